The zero-order valence-electron chi connectivity index (χ0n) is 15.9. The first-order chi connectivity index (χ1) is 13.5. The summed E-state index contributed by atoms with van der Waals surface area (Å²) in [4.78, 5) is 13.0. The Bertz CT molecular complexity index is 884. The fourth-order valence-corrected chi connectivity index (χ4v) is 7.89. The predicted octanol–water partition coefficient (Wildman–Crippen LogP) is 4.38. The molecule has 150 valence electrons. The number of fused-ring (bicyclic) bond motifs is 1. The molecule has 0 bridgehead atoms. The van der Waals surface area contributed by atoms with Crippen LogP contribution in [0, 0.1) is 0 Å². The molecule has 2 N–H and O–H groups in total. The Hall–Kier alpha value is -1.57. The van der Waals surface area contributed by atoms with Crippen molar-refractivity contribution in [2.45, 2.75) is 28.9 Å². The minimum atomic E-state index is -1.10. The average Bonchev–Trinajstić information content (AvgIpc) is 2.73. The van der Waals surface area contributed by atoms with Crippen LogP contribution in [0.15, 0.2) is 36.4 Å². The van der Waals surface area contributed by atoms with Crippen LogP contribution >= 0.6 is 23.5 Å². The van der Waals surface area contributed by atoms with E-state index in [4.69, 9.17) is 4.74 Å². The lowest BCUT2D eigenvalue weighted by atomic mass is 9.84. The Morgan fingerprint density at radius 2 is 1.82 bits per heavy atom. The summed E-state index contributed by atoms with van der Waals surface area (Å²) in [6.45, 7) is 0.642. The summed E-state index contributed by atoms with van der Waals surface area (Å²) in [6.07, 6.45) is 1.43. The van der Waals surface area contributed by atoms with E-state index >= 15 is 0 Å². The Labute approximate surface area is 173 Å². The highest BCUT2D eigenvalue weighted by Gasteiger charge is 2.55. The number of hydrogen-bond donors (Lipinski definition) is 2. The number of ether oxygens (including phenoxy) is 1. The van der Waals surface area contributed by atoms with Crippen LogP contribution in [-0.4, -0.2) is 58.5 Å². The van der Waals surface area contributed by atoms with Gasteiger partial charge >= 0.3 is 6.09 Å². The number of carboxylic acid groups (broad SMARTS) is 1. The zero-order chi connectivity index (χ0) is 19.8. The summed E-state index contributed by atoms with van der Waals surface area (Å²) in [5, 5.41) is 23.5. The van der Waals surface area contributed by atoms with E-state index in [2.05, 4.69) is 18.2 Å². The molecule has 2 aromatic carbocycles. The number of likely N-dealkylation sites (tertiary alicyclic amines) is 1. The van der Waals surface area contributed by atoms with E-state index in [9.17, 15) is 15.0 Å². The highest BCUT2D eigenvalue weighted by atomic mass is 32.2. The van der Waals surface area contributed by atoms with Crippen LogP contribution in [0.1, 0.15) is 24.8 Å². The lowest BCUT2D eigenvalue weighted by molar-refractivity contribution is -0.0349. The van der Waals surface area contributed by atoms with Crippen LogP contribution in [-0.2, 0) is 4.08 Å². The molecule has 7 heteroatoms. The predicted molar refractivity (Wildman–Crippen MR) is 115 cm³/mol. The summed E-state index contributed by atoms with van der Waals surface area (Å²) < 4.78 is 4.76. The third-order valence-corrected chi connectivity index (χ3v) is 9.42. The van der Waals surface area contributed by atoms with Crippen LogP contribution in [0.4, 0.5) is 4.79 Å². The molecule has 2 aliphatic heterocycles. The number of rotatable bonds is 3. The topological polar surface area (TPSA) is 70.0 Å². The quantitative estimate of drug-likeness (QED) is 0.770. The first kappa shape index (κ1) is 19.7. The minimum Gasteiger partial charge on any atom is -0.497 e. The van der Waals surface area contributed by atoms with Crippen LogP contribution in [0.5, 0.6) is 5.75 Å². The normalized spacial score (nSPS) is 24.9. The van der Waals surface area contributed by atoms with Crippen molar-refractivity contribution >= 4 is 40.4 Å². The van der Waals surface area contributed by atoms with E-state index < -0.39 is 15.8 Å². The molecule has 2 heterocycles. The number of piperidine rings is 1. The van der Waals surface area contributed by atoms with Crippen LogP contribution in [0.2, 0.25) is 0 Å². The Morgan fingerprint density at radius 1 is 1.11 bits per heavy atom. The maximum absolute atomic E-state index is 11.8. The second kappa shape index (κ2) is 7.69. The van der Waals surface area contributed by atoms with Gasteiger partial charge in [-0.1, -0.05) is 18.2 Å². The molecule has 2 aliphatic rings. The summed E-state index contributed by atoms with van der Waals surface area (Å²) >= 11 is 3.54. The van der Waals surface area contributed by atoms with E-state index in [1.807, 2.05) is 18.2 Å². The van der Waals surface area contributed by atoms with Crippen molar-refractivity contribution in [2.24, 2.45) is 0 Å². The standard InChI is InChI=1S/C21H25NO4S2/c1-26-18-7-5-15-12-17(6-4-16(15)13-18)21(27-10-3-11-28-21)20(25)8-2-9-22(14-20)19(23)24/h4-7,12-13,25H,2-3,8-11,14H2,1H3,(H,23,24). The molecule has 2 saturated heterocycles. The number of benzene rings is 2. The third-order valence-electron chi connectivity index (χ3n) is 5.68. The maximum Gasteiger partial charge on any atom is 0.407 e. The first-order valence-electron chi connectivity index (χ1n) is 9.54. The molecule has 0 aliphatic carbocycles. The Balaban J connectivity index is 1.79. The second-order valence-electron chi connectivity index (χ2n) is 7.43. The molecule has 0 aromatic heterocycles. The lowest BCUT2D eigenvalue weighted by Gasteiger charge is -2.52. The van der Waals surface area contributed by atoms with E-state index in [0.29, 0.717) is 19.4 Å². The number of nitrogens with zero attached hydrogens (tertiary/aromatic N) is 1. The first-order valence-corrected chi connectivity index (χ1v) is 11.5. The van der Waals surface area contributed by atoms with Crippen molar-refractivity contribution in [3.05, 3.63) is 42.0 Å². The summed E-state index contributed by atoms with van der Waals surface area (Å²) in [5.41, 5.74) is -0.0332. The Kier molecular flexibility index (Phi) is 5.42. The fraction of sp³-hybridized carbons (Fsp3) is 0.476. The van der Waals surface area contributed by atoms with Gasteiger partial charge < -0.3 is 19.8 Å². The number of β-amino-alcohol motifs (C(OH)–C–C–N with tert-alkyl or cyclic N) is 1. The van der Waals surface area contributed by atoms with Gasteiger partial charge in [-0.3, -0.25) is 0 Å². The molecule has 5 nitrogen and oxygen atoms in total. The van der Waals surface area contributed by atoms with Crippen molar-refractivity contribution in [3.63, 3.8) is 0 Å². The smallest absolute Gasteiger partial charge is 0.407 e. The molecule has 0 spiro atoms. The average molecular weight is 420 g/mol. The lowest BCUT2D eigenvalue weighted by Crippen LogP contribution is -2.59. The highest BCUT2D eigenvalue weighted by Crippen LogP contribution is 2.59. The van der Waals surface area contributed by atoms with Gasteiger partial charge in [0.1, 0.15) is 15.4 Å². The van der Waals surface area contributed by atoms with Crippen LogP contribution in [0.3, 0.4) is 0 Å². The molecule has 0 radical (unpaired) electrons. The summed E-state index contributed by atoms with van der Waals surface area (Å²) in [7, 11) is 1.66. The van der Waals surface area contributed by atoms with Crippen molar-refractivity contribution in [1.82, 2.24) is 4.90 Å². The van der Waals surface area contributed by atoms with Crippen molar-refractivity contribution in [2.75, 3.05) is 31.7 Å². The minimum absolute atomic E-state index is 0.156. The third kappa shape index (κ3) is 3.33. The number of aliphatic hydroxyl groups is 1. The summed E-state index contributed by atoms with van der Waals surface area (Å²) in [5.74, 6) is 2.74. The van der Waals surface area contributed by atoms with E-state index in [-0.39, 0.29) is 6.54 Å². The van der Waals surface area contributed by atoms with Gasteiger partial charge in [-0.25, -0.2) is 4.79 Å². The highest BCUT2D eigenvalue weighted by molar-refractivity contribution is 8.18. The molecular weight excluding hydrogens is 394 g/mol. The van der Waals surface area contributed by atoms with Gasteiger partial charge in [-0.05, 0) is 65.3 Å². The molecular formula is C21H25NO4S2. The van der Waals surface area contributed by atoms with Crippen LogP contribution in [0.25, 0.3) is 10.8 Å². The number of amides is 1. The molecule has 28 heavy (non-hydrogen) atoms. The molecule has 1 atom stereocenters. The molecule has 2 fully saturated rings. The van der Waals surface area contributed by atoms with E-state index in [0.717, 1.165) is 40.0 Å². The zero-order valence-corrected chi connectivity index (χ0v) is 17.5. The van der Waals surface area contributed by atoms with Gasteiger partial charge in [0.05, 0.1) is 13.7 Å². The van der Waals surface area contributed by atoms with Gasteiger partial charge in [0.25, 0.3) is 0 Å². The Morgan fingerprint density at radius 3 is 2.54 bits per heavy atom. The molecule has 1 unspecified atom stereocenters. The largest absolute Gasteiger partial charge is 0.497 e. The van der Waals surface area contributed by atoms with Crippen molar-refractivity contribution < 1.29 is 19.7 Å². The maximum atomic E-state index is 11.8. The van der Waals surface area contributed by atoms with Gasteiger partial charge in [0.15, 0.2) is 0 Å². The number of carbonyl (C=O) groups is 1. The number of methoxy groups -OCH3 is 1. The molecule has 0 saturated carbocycles. The van der Waals surface area contributed by atoms with Gasteiger partial charge in [0, 0.05) is 6.54 Å². The van der Waals surface area contributed by atoms with E-state index in [1.54, 1.807) is 30.6 Å². The van der Waals surface area contributed by atoms with Crippen molar-refractivity contribution in [1.29, 1.82) is 0 Å². The molecule has 4 rings (SSSR count). The van der Waals surface area contributed by atoms with E-state index in [1.165, 1.54) is 4.90 Å². The second-order valence-corrected chi connectivity index (χ2v) is 10.3. The molecule has 2 aromatic rings. The van der Waals surface area contributed by atoms with Gasteiger partial charge in [-0.2, -0.15) is 0 Å². The number of thioether (sulfide) groups is 2. The summed E-state index contributed by atoms with van der Waals surface area (Å²) in [6, 6.07) is 12.3. The monoisotopic (exact) mass is 419 g/mol. The SMILES string of the molecule is COc1ccc2cc(C3(C4(O)CCCN(C(=O)O)C4)SCCCS3)ccc2c1. The van der Waals surface area contributed by atoms with Gasteiger partial charge in [0.2, 0.25) is 0 Å². The number of hydrogen-bond acceptors (Lipinski definition) is 5. The van der Waals surface area contributed by atoms with Crippen molar-refractivity contribution in [3.8, 4) is 5.75 Å². The fourth-order valence-electron chi connectivity index (χ4n) is 4.26. The van der Waals surface area contributed by atoms with Gasteiger partial charge in [-0.15, -0.1) is 23.5 Å². The van der Waals surface area contributed by atoms with Crippen LogP contribution < -0.4 is 4.74 Å². The molecule has 1 amide bonds.